The van der Waals surface area contributed by atoms with E-state index < -0.39 is 0 Å². The molecule has 2 N–H and O–H groups in total. The third kappa shape index (κ3) is 2.53. The van der Waals surface area contributed by atoms with E-state index in [1.54, 1.807) is 11.3 Å². The maximum atomic E-state index is 12.1. The molecule has 0 spiro atoms. The fraction of sp³-hybridized carbons (Fsp3) is 0.643. The van der Waals surface area contributed by atoms with Crippen molar-refractivity contribution in [2.45, 2.75) is 52.6 Å². The van der Waals surface area contributed by atoms with Gasteiger partial charge in [0.2, 0.25) is 0 Å². The molecule has 2 rings (SSSR count). The predicted molar refractivity (Wildman–Crippen MR) is 75.1 cm³/mol. The summed E-state index contributed by atoms with van der Waals surface area (Å²) in [6.07, 6.45) is 4.28. The van der Waals surface area contributed by atoms with E-state index >= 15 is 0 Å². The van der Waals surface area contributed by atoms with Crippen LogP contribution in [-0.4, -0.2) is 12.1 Å². The van der Waals surface area contributed by atoms with Crippen LogP contribution >= 0.6 is 11.3 Å². The van der Waals surface area contributed by atoms with Crippen LogP contribution < -0.4 is 5.73 Å². The summed E-state index contributed by atoms with van der Waals surface area (Å²) in [4.78, 5) is 13.4. The van der Waals surface area contributed by atoms with Crippen molar-refractivity contribution in [2.75, 3.05) is 5.73 Å². The highest BCUT2D eigenvalue weighted by Gasteiger charge is 2.28. The maximum Gasteiger partial charge on any atom is 0.341 e. The number of nitrogens with two attached hydrogens (primary N) is 1. The molecule has 1 aliphatic rings. The molecule has 0 saturated heterocycles. The molecule has 0 aliphatic heterocycles. The summed E-state index contributed by atoms with van der Waals surface area (Å²) in [6.45, 7) is 5.95. The largest absolute Gasteiger partial charge is 0.459 e. The van der Waals surface area contributed by atoms with Gasteiger partial charge >= 0.3 is 5.97 Å². The van der Waals surface area contributed by atoms with E-state index in [0.717, 1.165) is 30.7 Å². The van der Waals surface area contributed by atoms with E-state index in [1.807, 2.05) is 13.8 Å². The van der Waals surface area contributed by atoms with E-state index in [1.165, 1.54) is 11.3 Å². The van der Waals surface area contributed by atoms with Crippen LogP contribution in [0.3, 0.4) is 0 Å². The molecule has 1 aromatic heterocycles. The Kier molecular flexibility index (Phi) is 3.95. The number of hydrogen-bond acceptors (Lipinski definition) is 4. The second kappa shape index (κ2) is 5.31. The third-order valence-corrected chi connectivity index (χ3v) is 4.60. The van der Waals surface area contributed by atoms with Crippen LogP contribution in [0.1, 0.15) is 54.4 Å². The number of hydrogen-bond donors (Lipinski definition) is 1. The molecular formula is C14H21NO2S. The summed E-state index contributed by atoms with van der Waals surface area (Å²) in [6, 6.07) is 0. The summed E-state index contributed by atoms with van der Waals surface area (Å²) in [7, 11) is 0. The normalized spacial score (nSPS) is 18.8. The van der Waals surface area contributed by atoms with Gasteiger partial charge in [-0.15, -0.1) is 11.3 Å². The van der Waals surface area contributed by atoms with Crippen LogP contribution in [0, 0.1) is 5.92 Å². The summed E-state index contributed by atoms with van der Waals surface area (Å²) >= 11 is 1.57. The van der Waals surface area contributed by atoms with Crippen LogP contribution in [-0.2, 0) is 17.6 Å². The van der Waals surface area contributed by atoms with E-state index in [-0.39, 0.29) is 12.1 Å². The Morgan fingerprint density at radius 3 is 2.89 bits per heavy atom. The molecule has 0 radical (unpaired) electrons. The highest BCUT2D eigenvalue weighted by molar-refractivity contribution is 7.16. The fourth-order valence-corrected chi connectivity index (χ4v) is 3.74. The molecule has 3 nitrogen and oxygen atoms in total. The van der Waals surface area contributed by atoms with Gasteiger partial charge in [-0.05, 0) is 44.6 Å². The van der Waals surface area contributed by atoms with Gasteiger partial charge in [0.25, 0.3) is 0 Å². The minimum Gasteiger partial charge on any atom is -0.459 e. The molecular weight excluding hydrogens is 246 g/mol. The van der Waals surface area contributed by atoms with Crippen LogP contribution in [0.2, 0.25) is 0 Å². The number of ether oxygens (including phenoxy) is 1. The number of carbonyl (C=O) groups excluding carboxylic acids is 1. The second-order valence-electron chi connectivity index (χ2n) is 5.21. The third-order valence-electron chi connectivity index (χ3n) is 3.52. The Morgan fingerprint density at radius 2 is 2.28 bits per heavy atom. The molecule has 0 bridgehead atoms. The van der Waals surface area contributed by atoms with Crippen molar-refractivity contribution in [3.8, 4) is 0 Å². The number of anilines is 1. The minimum absolute atomic E-state index is 0.0977. The number of thiophene rings is 1. The van der Waals surface area contributed by atoms with Crippen LogP contribution in [0.25, 0.3) is 0 Å². The van der Waals surface area contributed by atoms with Crippen molar-refractivity contribution in [3.05, 3.63) is 16.0 Å². The Bertz CT molecular complexity index is 451. The molecule has 1 aromatic rings. The van der Waals surface area contributed by atoms with Gasteiger partial charge in [-0.2, -0.15) is 0 Å². The average molecular weight is 267 g/mol. The molecule has 0 fully saturated rings. The van der Waals surface area contributed by atoms with E-state index in [0.29, 0.717) is 10.6 Å². The summed E-state index contributed by atoms with van der Waals surface area (Å²) in [5.41, 5.74) is 7.79. The molecule has 1 aliphatic carbocycles. The maximum absolute atomic E-state index is 12.1. The minimum atomic E-state index is -0.255. The van der Waals surface area contributed by atoms with Crippen LogP contribution in [0.4, 0.5) is 5.00 Å². The molecule has 4 heteroatoms. The average Bonchev–Trinajstić information content (AvgIpc) is 2.62. The van der Waals surface area contributed by atoms with E-state index in [2.05, 4.69) is 6.92 Å². The smallest absolute Gasteiger partial charge is 0.341 e. The number of fused-ring (bicyclic) bond motifs is 1. The zero-order chi connectivity index (χ0) is 13.3. The lowest BCUT2D eigenvalue weighted by Gasteiger charge is -2.21. The lowest BCUT2D eigenvalue weighted by atomic mass is 9.86. The highest BCUT2D eigenvalue weighted by atomic mass is 32.1. The Hall–Kier alpha value is -1.03. The van der Waals surface area contributed by atoms with Crippen molar-refractivity contribution in [2.24, 2.45) is 5.92 Å². The highest BCUT2D eigenvalue weighted by Crippen LogP contribution is 2.39. The quantitative estimate of drug-likeness (QED) is 0.854. The van der Waals surface area contributed by atoms with Crippen LogP contribution in [0.5, 0.6) is 0 Å². The predicted octanol–water partition coefficient (Wildman–Crippen LogP) is 3.41. The zero-order valence-electron chi connectivity index (χ0n) is 11.3. The molecule has 0 saturated carbocycles. The molecule has 18 heavy (non-hydrogen) atoms. The number of esters is 1. The summed E-state index contributed by atoms with van der Waals surface area (Å²) in [5, 5.41) is 0.627. The fourth-order valence-electron chi connectivity index (χ4n) is 2.52. The van der Waals surface area contributed by atoms with Gasteiger partial charge < -0.3 is 10.5 Å². The summed E-state index contributed by atoms with van der Waals surface area (Å²) < 4.78 is 5.28. The van der Waals surface area contributed by atoms with Gasteiger partial charge in [0, 0.05) is 4.88 Å². The van der Waals surface area contributed by atoms with Crippen molar-refractivity contribution in [1.29, 1.82) is 0 Å². The lowest BCUT2D eigenvalue weighted by Crippen LogP contribution is -2.17. The van der Waals surface area contributed by atoms with Gasteiger partial charge in [-0.3, -0.25) is 0 Å². The van der Waals surface area contributed by atoms with Crippen LogP contribution in [0.15, 0.2) is 0 Å². The van der Waals surface area contributed by atoms with Gasteiger partial charge in [0.05, 0.1) is 11.7 Å². The standard InChI is InChI=1S/C14H21NO2S/c1-4-9-5-6-10-11(7-9)18-13(15)12(10)14(16)17-8(2)3/h8-9H,4-7,15H2,1-3H3/t9-/m1/s1. The van der Waals surface area contributed by atoms with Crippen molar-refractivity contribution in [1.82, 2.24) is 0 Å². The first-order valence-corrected chi connectivity index (χ1v) is 7.45. The Labute approximate surface area is 112 Å². The zero-order valence-corrected chi connectivity index (χ0v) is 12.1. The molecule has 0 unspecified atom stereocenters. The van der Waals surface area contributed by atoms with Gasteiger partial charge in [0.1, 0.15) is 5.00 Å². The number of carbonyl (C=O) groups is 1. The van der Waals surface area contributed by atoms with E-state index in [9.17, 15) is 4.79 Å². The van der Waals surface area contributed by atoms with E-state index in [4.69, 9.17) is 10.5 Å². The lowest BCUT2D eigenvalue weighted by molar-refractivity contribution is 0.0378. The molecule has 1 atom stereocenters. The van der Waals surface area contributed by atoms with Gasteiger partial charge in [-0.25, -0.2) is 4.79 Å². The van der Waals surface area contributed by atoms with Crippen molar-refractivity contribution >= 4 is 22.3 Å². The first-order chi connectivity index (χ1) is 8.52. The SMILES string of the molecule is CC[C@@H]1CCc2c(sc(N)c2C(=O)OC(C)C)C1. The Balaban J connectivity index is 2.28. The Morgan fingerprint density at radius 1 is 1.56 bits per heavy atom. The molecule has 100 valence electrons. The van der Waals surface area contributed by atoms with Crippen molar-refractivity contribution < 1.29 is 9.53 Å². The molecule has 1 heterocycles. The number of rotatable bonds is 3. The molecule has 0 amide bonds. The molecule has 0 aromatic carbocycles. The summed E-state index contributed by atoms with van der Waals surface area (Å²) in [5.74, 6) is 0.486. The van der Waals surface area contributed by atoms with Gasteiger partial charge in [0.15, 0.2) is 0 Å². The second-order valence-corrected chi connectivity index (χ2v) is 6.35. The monoisotopic (exact) mass is 267 g/mol. The topological polar surface area (TPSA) is 52.3 Å². The number of nitrogen functional groups attached to an aromatic ring is 1. The van der Waals surface area contributed by atoms with Gasteiger partial charge in [-0.1, -0.05) is 13.3 Å². The first-order valence-electron chi connectivity index (χ1n) is 6.63. The first kappa shape index (κ1) is 13.4. The van der Waals surface area contributed by atoms with Crippen molar-refractivity contribution in [3.63, 3.8) is 0 Å².